The lowest BCUT2D eigenvalue weighted by Gasteiger charge is -2.29. The molecular formula is C16H15F3N4O2. The summed E-state index contributed by atoms with van der Waals surface area (Å²) in [5.74, 6) is -0.322. The Morgan fingerprint density at radius 3 is 2.60 bits per heavy atom. The second-order valence-electron chi connectivity index (χ2n) is 5.36. The summed E-state index contributed by atoms with van der Waals surface area (Å²) in [4.78, 5) is 21.9. The summed E-state index contributed by atoms with van der Waals surface area (Å²) in [5, 5.41) is 2.49. The highest BCUT2D eigenvalue weighted by Gasteiger charge is 2.32. The molecule has 1 aliphatic heterocycles. The first-order chi connectivity index (χ1) is 11.9. The van der Waals surface area contributed by atoms with Crippen LogP contribution in [0.1, 0.15) is 16.1 Å². The second-order valence-corrected chi connectivity index (χ2v) is 5.36. The van der Waals surface area contributed by atoms with Crippen LogP contribution in [0.15, 0.2) is 36.7 Å². The van der Waals surface area contributed by atoms with Gasteiger partial charge in [-0.05, 0) is 18.2 Å². The molecule has 6 nitrogen and oxygen atoms in total. The van der Waals surface area contributed by atoms with Crippen molar-refractivity contribution >= 4 is 17.4 Å². The highest BCUT2D eigenvalue weighted by Crippen LogP contribution is 2.34. The van der Waals surface area contributed by atoms with E-state index in [-0.39, 0.29) is 17.2 Å². The number of halogens is 3. The van der Waals surface area contributed by atoms with E-state index in [4.69, 9.17) is 4.74 Å². The fraction of sp³-hybridized carbons (Fsp3) is 0.312. The van der Waals surface area contributed by atoms with Gasteiger partial charge in [-0.1, -0.05) is 6.07 Å². The molecule has 1 N–H and O–H groups in total. The third-order valence-electron chi connectivity index (χ3n) is 3.65. The molecule has 2 aromatic rings. The normalized spacial score (nSPS) is 15.1. The van der Waals surface area contributed by atoms with Crippen LogP contribution >= 0.6 is 0 Å². The minimum Gasteiger partial charge on any atom is -0.378 e. The van der Waals surface area contributed by atoms with Gasteiger partial charge in [0, 0.05) is 25.5 Å². The molecule has 3 rings (SSSR count). The van der Waals surface area contributed by atoms with Crippen molar-refractivity contribution in [1.29, 1.82) is 0 Å². The quantitative estimate of drug-likeness (QED) is 0.920. The van der Waals surface area contributed by atoms with Gasteiger partial charge in [0.1, 0.15) is 5.69 Å². The Morgan fingerprint density at radius 1 is 1.20 bits per heavy atom. The van der Waals surface area contributed by atoms with Gasteiger partial charge < -0.3 is 15.0 Å². The predicted molar refractivity (Wildman–Crippen MR) is 84.5 cm³/mol. The maximum atomic E-state index is 13.0. The molecule has 3 heterocycles. The number of alkyl halides is 3. The van der Waals surface area contributed by atoms with Crippen LogP contribution in [0.3, 0.4) is 0 Å². The van der Waals surface area contributed by atoms with E-state index in [0.29, 0.717) is 26.3 Å². The zero-order valence-electron chi connectivity index (χ0n) is 13.1. The smallest absolute Gasteiger partial charge is 0.378 e. The number of ether oxygens (including phenoxy) is 1. The summed E-state index contributed by atoms with van der Waals surface area (Å²) >= 11 is 0. The van der Waals surface area contributed by atoms with Crippen molar-refractivity contribution in [2.24, 2.45) is 0 Å². The topological polar surface area (TPSA) is 67.4 Å². The molecule has 132 valence electrons. The first-order valence-electron chi connectivity index (χ1n) is 7.57. The molecule has 1 fully saturated rings. The van der Waals surface area contributed by atoms with Crippen LogP contribution in [-0.4, -0.2) is 42.2 Å². The van der Waals surface area contributed by atoms with E-state index >= 15 is 0 Å². The Bertz CT molecular complexity index is 747. The predicted octanol–water partition coefficient (Wildman–Crippen LogP) is 2.58. The van der Waals surface area contributed by atoms with Gasteiger partial charge >= 0.3 is 6.18 Å². The van der Waals surface area contributed by atoms with Gasteiger partial charge in [-0.2, -0.15) is 13.2 Å². The molecule has 1 aliphatic rings. The van der Waals surface area contributed by atoms with Gasteiger partial charge in [0.05, 0.1) is 24.5 Å². The molecule has 0 aliphatic carbocycles. The zero-order valence-corrected chi connectivity index (χ0v) is 13.1. The lowest BCUT2D eigenvalue weighted by atomic mass is 10.2. The summed E-state index contributed by atoms with van der Waals surface area (Å²) < 4.78 is 44.3. The van der Waals surface area contributed by atoms with Gasteiger partial charge in [0.2, 0.25) is 0 Å². The Hall–Kier alpha value is -2.68. The van der Waals surface area contributed by atoms with Crippen molar-refractivity contribution in [2.45, 2.75) is 6.18 Å². The fourth-order valence-electron chi connectivity index (χ4n) is 2.42. The van der Waals surface area contributed by atoms with Gasteiger partial charge in [0.15, 0.2) is 5.82 Å². The SMILES string of the molecule is O=C(Nc1cc(C(F)(F)F)cnc1N1CCOCC1)c1ccccn1. The van der Waals surface area contributed by atoms with E-state index in [0.717, 1.165) is 12.3 Å². The van der Waals surface area contributed by atoms with Crippen LogP contribution in [-0.2, 0) is 10.9 Å². The lowest BCUT2D eigenvalue weighted by Crippen LogP contribution is -2.37. The van der Waals surface area contributed by atoms with Crippen LogP contribution in [0.4, 0.5) is 24.7 Å². The molecule has 0 bridgehead atoms. The number of rotatable bonds is 3. The summed E-state index contributed by atoms with van der Waals surface area (Å²) in [6.07, 6.45) is -2.36. The molecule has 1 amide bonds. The molecule has 0 atom stereocenters. The highest BCUT2D eigenvalue weighted by molar-refractivity contribution is 6.04. The van der Waals surface area contributed by atoms with Crippen molar-refractivity contribution in [1.82, 2.24) is 9.97 Å². The van der Waals surface area contributed by atoms with Crippen LogP contribution in [0, 0.1) is 0 Å². The number of hydrogen-bond acceptors (Lipinski definition) is 5. The molecule has 2 aromatic heterocycles. The number of hydrogen-bond donors (Lipinski definition) is 1. The molecule has 1 saturated heterocycles. The van der Waals surface area contributed by atoms with E-state index in [9.17, 15) is 18.0 Å². The average molecular weight is 352 g/mol. The zero-order chi connectivity index (χ0) is 17.9. The monoisotopic (exact) mass is 352 g/mol. The summed E-state index contributed by atoms with van der Waals surface area (Å²) in [6.45, 7) is 1.84. The van der Waals surface area contributed by atoms with Gasteiger partial charge in [-0.25, -0.2) is 4.98 Å². The van der Waals surface area contributed by atoms with Crippen molar-refractivity contribution in [3.05, 3.63) is 47.9 Å². The Kier molecular flexibility index (Phi) is 4.84. The molecule has 0 unspecified atom stereocenters. The largest absolute Gasteiger partial charge is 0.417 e. The van der Waals surface area contributed by atoms with E-state index in [2.05, 4.69) is 15.3 Å². The van der Waals surface area contributed by atoms with Crippen LogP contribution < -0.4 is 10.2 Å². The first-order valence-corrected chi connectivity index (χ1v) is 7.57. The van der Waals surface area contributed by atoms with Crippen molar-refractivity contribution in [3.63, 3.8) is 0 Å². The number of amides is 1. The molecular weight excluding hydrogens is 337 g/mol. The molecule has 0 aromatic carbocycles. The maximum absolute atomic E-state index is 13.0. The number of nitrogens with one attached hydrogen (secondary N) is 1. The minimum absolute atomic E-state index is 0.00706. The molecule has 9 heteroatoms. The number of pyridine rings is 2. The third kappa shape index (κ3) is 4.05. The van der Waals surface area contributed by atoms with E-state index in [1.807, 2.05) is 0 Å². The number of carbonyl (C=O) groups is 1. The highest BCUT2D eigenvalue weighted by atomic mass is 19.4. The Balaban J connectivity index is 1.94. The van der Waals surface area contributed by atoms with E-state index < -0.39 is 17.6 Å². The van der Waals surface area contributed by atoms with Crippen LogP contribution in [0.5, 0.6) is 0 Å². The van der Waals surface area contributed by atoms with Crippen molar-refractivity contribution in [3.8, 4) is 0 Å². The Labute approximate surface area is 141 Å². The lowest BCUT2D eigenvalue weighted by molar-refractivity contribution is -0.137. The van der Waals surface area contributed by atoms with Gasteiger partial charge in [-0.3, -0.25) is 9.78 Å². The fourth-order valence-corrected chi connectivity index (χ4v) is 2.42. The number of nitrogens with zero attached hydrogens (tertiary/aromatic N) is 3. The van der Waals surface area contributed by atoms with E-state index in [1.165, 1.54) is 12.3 Å². The number of morpholine rings is 1. The number of carbonyl (C=O) groups excluding carboxylic acids is 1. The number of anilines is 2. The van der Waals surface area contributed by atoms with E-state index in [1.54, 1.807) is 17.0 Å². The summed E-state index contributed by atoms with van der Waals surface area (Å²) in [7, 11) is 0. The molecule has 0 radical (unpaired) electrons. The Morgan fingerprint density at radius 2 is 1.96 bits per heavy atom. The van der Waals surface area contributed by atoms with Crippen molar-refractivity contribution < 1.29 is 22.7 Å². The maximum Gasteiger partial charge on any atom is 0.417 e. The first kappa shape index (κ1) is 17.2. The molecule has 0 saturated carbocycles. The van der Waals surface area contributed by atoms with Crippen molar-refractivity contribution in [2.75, 3.05) is 36.5 Å². The minimum atomic E-state index is -4.55. The standard InChI is InChI=1S/C16H15F3N4O2/c17-16(18,19)11-9-13(22-15(24)12-3-1-2-4-20-12)14(21-10-11)23-5-7-25-8-6-23/h1-4,9-10H,5-8H2,(H,22,24). The van der Waals surface area contributed by atoms with Gasteiger partial charge in [-0.15, -0.1) is 0 Å². The van der Waals surface area contributed by atoms with Crippen LogP contribution in [0.25, 0.3) is 0 Å². The second kappa shape index (κ2) is 7.06. The molecule has 0 spiro atoms. The summed E-state index contributed by atoms with van der Waals surface area (Å²) in [5.41, 5.74) is -0.832. The average Bonchev–Trinajstić information content (AvgIpc) is 2.62. The summed E-state index contributed by atoms with van der Waals surface area (Å²) in [6, 6.07) is 5.63. The van der Waals surface area contributed by atoms with Crippen LogP contribution in [0.2, 0.25) is 0 Å². The van der Waals surface area contributed by atoms with Gasteiger partial charge in [0.25, 0.3) is 5.91 Å². The number of aromatic nitrogens is 2. The third-order valence-corrected chi connectivity index (χ3v) is 3.65. The molecule has 25 heavy (non-hydrogen) atoms.